The van der Waals surface area contributed by atoms with Gasteiger partial charge in [-0.05, 0) is 24.6 Å². The Bertz CT molecular complexity index is 1040. The average Bonchev–Trinajstić information content (AvgIpc) is 3.47. The van der Waals surface area contributed by atoms with E-state index in [0.29, 0.717) is 30.4 Å². The van der Waals surface area contributed by atoms with Crippen molar-refractivity contribution in [3.63, 3.8) is 0 Å². The predicted molar refractivity (Wildman–Crippen MR) is 108 cm³/mol. The summed E-state index contributed by atoms with van der Waals surface area (Å²) in [5, 5.41) is 4.05. The maximum atomic E-state index is 13.0. The number of hydrogen-bond acceptors (Lipinski definition) is 5. The van der Waals surface area contributed by atoms with Gasteiger partial charge in [0.15, 0.2) is 5.76 Å². The molecule has 146 valence electrons. The zero-order valence-electron chi connectivity index (χ0n) is 16.1. The summed E-state index contributed by atoms with van der Waals surface area (Å²) in [5.74, 6) is 1.17. The maximum Gasteiger partial charge on any atom is 0.290 e. The fourth-order valence-electron chi connectivity index (χ4n) is 3.20. The second-order valence-corrected chi connectivity index (χ2v) is 6.69. The quantitative estimate of drug-likeness (QED) is 0.456. The van der Waals surface area contributed by atoms with E-state index >= 15 is 0 Å². The molecule has 0 spiro atoms. The van der Waals surface area contributed by atoms with Crippen molar-refractivity contribution < 1.29 is 13.7 Å². The van der Waals surface area contributed by atoms with Crippen LogP contribution in [0.3, 0.4) is 0 Å². The highest BCUT2D eigenvalue weighted by Gasteiger charge is 2.25. The van der Waals surface area contributed by atoms with Gasteiger partial charge in [0.25, 0.3) is 5.91 Å². The molecule has 0 saturated heterocycles. The number of benzene rings is 2. The predicted octanol–water partition coefficient (Wildman–Crippen LogP) is 4.78. The van der Waals surface area contributed by atoms with Crippen molar-refractivity contribution in [2.24, 2.45) is 0 Å². The summed E-state index contributed by atoms with van der Waals surface area (Å²) in [6.07, 6.45) is 1.95. The van der Waals surface area contributed by atoms with Gasteiger partial charge in [-0.15, -0.1) is 0 Å². The van der Waals surface area contributed by atoms with Gasteiger partial charge in [0.1, 0.15) is 0 Å². The number of carbonyl (C=O) groups is 1. The molecule has 0 saturated carbocycles. The van der Waals surface area contributed by atoms with Crippen LogP contribution >= 0.6 is 0 Å². The first-order valence-electron chi connectivity index (χ1n) is 9.50. The monoisotopic (exact) mass is 387 g/mol. The Labute approximate surface area is 168 Å². The van der Waals surface area contributed by atoms with E-state index in [1.54, 1.807) is 17.0 Å². The molecule has 0 aliphatic heterocycles. The van der Waals surface area contributed by atoms with Gasteiger partial charge in [0, 0.05) is 18.5 Å². The Kier molecular flexibility index (Phi) is 5.52. The van der Waals surface area contributed by atoms with Gasteiger partial charge in [-0.1, -0.05) is 65.8 Å². The smallest absolute Gasteiger partial charge is 0.290 e. The van der Waals surface area contributed by atoms with Gasteiger partial charge in [0.2, 0.25) is 11.7 Å². The lowest BCUT2D eigenvalue weighted by molar-refractivity contribution is 0.0656. The number of rotatable bonds is 7. The lowest BCUT2D eigenvalue weighted by atomic mass is 10.1. The van der Waals surface area contributed by atoms with Crippen LogP contribution in [-0.2, 0) is 6.42 Å². The molecule has 0 bridgehead atoms. The van der Waals surface area contributed by atoms with E-state index in [9.17, 15) is 4.79 Å². The van der Waals surface area contributed by atoms with Crippen LogP contribution in [0, 0.1) is 0 Å². The molecule has 1 atom stereocenters. The first kappa shape index (κ1) is 18.7. The van der Waals surface area contributed by atoms with E-state index in [-0.39, 0.29) is 11.9 Å². The standard InChI is InChI=1S/C23H21N3O3/c1-17(18-9-4-2-5-10-18)26(23(27)20-13-8-16-28-20)15-14-21-24-22(25-29-21)19-11-6-3-7-12-19/h2-13,16-17H,14-15H2,1H3. The van der Waals surface area contributed by atoms with Crippen LogP contribution in [-0.4, -0.2) is 27.5 Å². The zero-order valence-corrected chi connectivity index (χ0v) is 16.1. The largest absolute Gasteiger partial charge is 0.459 e. The molecule has 0 aliphatic rings. The van der Waals surface area contributed by atoms with Crippen molar-refractivity contribution in [1.82, 2.24) is 15.0 Å². The lowest BCUT2D eigenvalue weighted by Gasteiger charge is -2.28. The topological polar surface area (TPSA) is 72.4 Å². The summed E-state index contributed by atoms with van der Waals surface area (Å²) in [5.41, 5.74) is 1.94. The average molecular weight is 387 g/mol. The second kappa shape index (κ2) is 8.56. The molecule has 0 N–H and O–H groups in total. The van der Waals surface area contributed by atoms with Crippen LogP contribution in [0.15, 0.2) is 88.0 Å². The van der Waals surface area contributed by atoms with E-state index in [4.69, 9.17) is 8.94 Å². The Morgan fingerprint density at radius 2 is 1.72 bits per heavy atom. The third kappa shape index (κ3) is 4.27. The Hall–Kier alpha value is -3.67. The number of nitrogens with zero attached hydrogens (tertiary/aromatic N) is 3. The third-order valence-electron chi connectivity index (χ3n) is 4.81. The number of amides is 1. The fraction of sp³-hybridized carbons (Fsp3) is 0.174. The summed E-state index contributed by atoms with van der Waals surface area (Å²) in [6, 6.07) is 22.8. The number of hydrogen-bond donors (Lipinski definition) is 0. The highest BCUT2D eigenvalue weighted by atomic mass is 16.5. The molecule has 4 aromatic rings. The van der Waals surface area contributed by atoms with Crippen LogP contribution in [0.25, 0.3) is 11.4 Å². The second-order valence-electron chi connectivity index (χ2n) is 6.69. The molecular formula is C23H21N3O3. The van der Waals surface area contributed by atoms with Crippen molar-refractivity contribution >= 4 is 5.91 Å². The molecule has 6 heteroatoms. The summed E-state index contributed by atoms with van der Waals surface area (Å²) in [7, 11) is 0. The zero-order chi connectivity index (χ0) is 20.1. The van der Waals surface area contributed by atoms with E-state index in [2.05, 4.69) is 10.1 Å². The SMILES string of the molecule is CC(c1ccccc1)N(CCc1nc(-c2ccccc2)no1)C(=O)c1ccco1. The van der Waals surface area contributed by atoms with Gasteiger partial charge < -0.3 is 13.8 Å². The van der Waals surface area contributed by atoms with Crippen LogP contribution in [0.5, 0.6) is 0 Å². The molecule has 4 rings (SSSR count). The van der Waals surface area contributed by atoms with Crippen LogP contribution < -0.4 is 0 Å². The van der Waals surface area contributed by atoms with Crippen LogP contribution in [0.2, 0.25) is 0 Å². The Morgan fingerprint density at radius 1 is 1.00 bits per heavy atom. The molecule has 2 heterocycles. The molecule has 1 unspecified atom stereocenters. The van der Waals surface area contributed by atoms with Crippen LogP contribution in [0.1, 0.15) is 35.0 Å². The van der Waals surface area contributed by atoms with Crippen molar-refractivity contribution in [2.45, 2.75) is 19.4 Å². The Balaban J connectivity index is 1.53. The summed E-state index contributed by atoms with van der Waals surface area (Å²) in [6.45, 7) is 2.42. The summed E-state index contributed by atoms with van der Waals surface area (Å²) < 4.78 is 10.7. The minimum absolute atomic E-state index is 0.134. The molecule has 6 nitrogen and oxygen atoms in total. The highest BCUT2D eigenvalue weighted by molar-refractivity contribution is 5.91. The van der Waals surface area contributed by atoms with Crippen molar-refractivity contribution in [2.75, 3.05) is 6.54 Å². The number of aromatic nitrogens is 2. The summed E-state index contributed by atoms with van der Waals surface area (Å²) >= 11 is 0. The van der Waals surface area contributed by atoms with Gasteiger partial charge >= 0.3 is 0 Å². The van der Waals surface area contributed by atoms with Gasteiger partial charge in [-0.3, -0.25) is 4.79 Å². The lowest BCUT2D eigenvalue weighted by Crippen LogP contribution is -2.35. The fourth-order valence-corrected chi connectivity index (χ4v) is 3.20. The molecule has 29 heavy (non-hydrogen) atoms. The highest BCUT2D eigenvalue weighted by Crippen LogP contribution is 2.23. The molecule has 0 fully saturated rings. The first-order valence-corrected chi connectivity index (χ1v) is 9.50. The van der Waals surface area contributed by atoms with E-state index < -0.39 is 0 Å². The van der Waals surface area contributed by atoms with E-state index in [1.807, 2.05) is 67.6 Å². The van der Waals surface area contributed by atoms with Crippen molar-refractivity contribution in [3.8, 4) is 11.4 Å². The molecule has 2 aromatic heterocycles. The summed E-state index contributed by atoms with van der Waals surface area (Å²) in [4.78, 5) is 19.3. The molecule has 1 amide bonds. The molecule has 0 aliphatic carbocycles. The Morgan fingerprint density at radius 3 is 2.41 bits per heavy atom. The minimum atomic E-state index is -0.172. The first-order chi connectivity index (χ1) is 14.2. The minimum Gasteiger partial charge on any atom is -0.459 e. The molecule has 2 aromatic carbocycles. The van der Waals surface area contributed by atoms with Gasteiger partial charge in [0.05, 0.1) is 12.3 Å². The molecule has 0 radical (unpaired) electrons. The number of furan rings is 1. The number of carbonyl (C=O) groups excluding carboxylic acids is 1. The van der Waals surface area contributed by atoms with E-state index in [1.165, 1.54) is 6.26 Å². The van der Waals surface area contributed by atoms with Gasteiger partial charge in [-0.2, -0.15) is 4.98 Å². The third-order valence-corrected chi connectivity index (χ3v) is 4.81. The maximum absolute atomic E-state index is 13.0. The molecular weight excluding hydrogens is 366 g/mol. The van der Waals surface area contributed by atoms with Crippen LogP contribution in [0.4, 0.5) is 0 Å². The van der Waals surface area contributed by atoms with Crippen molar-refractivity contribution in [3.05, 3.63) is 96.3 Å². The van der Waals surface area contributed by atoms with E-state index in [0.717, 1.165) is 11.1 Å². The van der Waals surface area contributed by atoms with Gasteiger partial charge in [-0.25, -0.2) is 0 Å². The normalized spacial score (nSPS) is 11.9. The van der Waals surface area contributed by atoms with Crippen molar-refractivity contribution in [1.29, 1.82) is 0 Å².